The van der Waals surface area contributed by atoms with E-state index in [1.165, 1.54) is 49.2 Å². The van der Waals surface area contributed by atoms with Gasteiger partial charge in [-0.1, -0.05) is 86.9 Å². The van der Waals surface area contributed by atoms with Gasteiger partial charge in [-0.2, -0.15) is 0 Å². The van der Waals surface area contributed by atoms with E-state index >= 15 is 0 Å². The van der Waals surface area contributed by atoms with Crippen LogP contribution >= 0.6 is 69.6 Å². The van der Waals surface area contributed by atoms with Crippen LogP contribution in [0.15, 0.2) is 36.4 Å². The summed E-state index contributed by atoms with van der Waals surface area (Å²) < 4.78 is 4.94. The average Bonchev–Trinajstić information content (AvgIpc) is 3.38. The molecule has 0 N–H and O–H groups in total. The maximum atomic E-state index is 12.5. The molecule has 1 fully saturated rings. The van der Waals surface area contributed by atoms with Crippen molar-refractivity contribution in [2.75, 3.05) is 13.2 Å². The van der Waals surface area contributed by atoms with E-state index in [4.69, 9.17) is 74.3 Å². The van der Waals surface area contributed by atoms with Gasteiger partial charge in [0, 0.05) is 63.0 Å². The Morgan fingerprint density at radius 1 is 0.568 bits per heavy atom. The predicted octanol–water partition coefficient (Wildman–Crippen LogP) is 6.45. The van der Waals surface area contributed by atoms with Crippen LogP contribution < -0.4 is 15.3 Å². The average molecular weight is 638 g/mol. The first-order valence-electron chi connectivity index (χ1n) is 10.8. The minimum atomic E-state index is -0.408. The van der Waals surface area contributed by atoms with Gasteiger partial charge in [0.1, 0.15) is 0 Å². The normalized spacial score (nSPS) is 12.7. The van der Waals surface area contributed by atoms with Crippen molar-refractivity contribution in [2.45, 2.75) is 32.5 Å². The van der Waals surface area contributed by atoms with Crippen LogP contribution in [0.2, 0.25) is 30.1 Å². The number of hydrogen-bond acceptors (Lipinski definition) is 5. The third-order valence-corrected chi connectivity index (χ3v) is 6.76. The summed E-state index contributed by atoms with van der Waals surface area (Å²) in [5, 5.41) is 38.2. The van der Waals surface area contributed by atoms with Crippen molar-refractivity contribution in [1.82, 2.24) is 4.90 Å². The van der Waals surface area contributed by atoms with Crippen molar-refractivity contribution in [3.8, 4) is 17.2 Å². The minimum Gasteiger partial charge on any atom is -0.871 e. The molecule has 37 heavy (non-hydrogen) atoms. The first-order valence-corrected chi connectivity index (χ1v) is 13.1. The largest absolute Gasteiger partial charge is 3.00 e. The minimum absolute atomic E-state index is 0. The maximum absolute atomic E-state index is 12.5. The Hall–Kier alpha value is -0.748. The molecule has 1 aliphatic rings. The molecule has 4 rings (SSSR count). The summed E-state index contributed by atoms with van der Waals surface area (Å²) in [7, 11) is 0. The molecule has 5 nitrogen and oxygen atoms in total. The summed E-state index contributed by atoms with van der Waals surface area (Å²) in [6.45, 7) is 2.10. The van der Waals surface area contributed by atoms with E-state index in [1.807, 2.05) is 0 Å². The molecular formula is C25H20AlCl6NO4. The summed E-state index contributed by atoms with van der Waals surface area (Å²) in [6.07, 6.45) is 2.56. The molecule has 12 heteroatoms. The van der Waals surface area contributed by atoms with Crippen LogP contribution in [-0.2, 0) is 24.4 Å². The van der Waals surface area contributed by atoms with Gasteiger partial charge in [0.25, 0.3) is 0 Å². The number of nitrogens with zero attached hydrogens (tertiary/aromatic N) is 1. The number of benzene rings is 3. The van der Waals surface area contributed by atoms with E-state index < -0.39 is 17.2 Å². The van der Waals surface area contributed by atoms with Crippen molar-refractivity contribution in [1.29, 1.82) is 0 Å². The van der Waals surface area contributed by atoms with Gasteiger partial charge in [-0.3, -0.25) is 4.90 Å². The third-order valence-electron chi connectivity index (χ3n) is 5.27. The molecule has 1 heterocycles. The second kappa shape index (κ2) is 15.1. The van der Waals surface area contributed by atoms with Gasteiger partial charge < -0.3 is 20.1 Å². The van der Waals surface area contributed by atoms with Gasteiger partial charge in [0.2, 0.25) is 0 Å². The Morgan fingerprint density at radius 3 is 1.11 bits per heavy atom. The first kappa shape index (κ1) is 32.5. The molecular weight excluding hydrogens is 618 g/mol. The van der Waals surface area contributed by atoms with Crippen LogP contribution in [0.25, 0.3) is 0 Å². The first-order chi connectivity index (χ1) is 17.0. The third kappa shape index (κ3) is 9.44. The van der Waals surface area contributed by atoms with E-state index in [0.717, 1.165) is 13.2 Å². The van der Waals surface area contributed by atoms with Crippen LogP contribution in [0.1, 0.15) is 29.5 Å². The fourth-order valence-corrected chi connectivity index (χ4v) is 5.20. The molecule has 0 radical (unpaired) electrons. The molecule has 0 amide bonds. The number of rotatable bonds is 6. The van der Waals surface area contributed by atoms with Gasteiger partial charge in [0.15, 0.2) is 0 Å². The van der Waals surface area contributed by atoms with Crippen molar-refractivity contribution in [2.24, 2.45) is 0 Å². The number of hydrogen-bond donors (Lipinski definition) is 0. The van der Waals surface area contributed by atoms with Gasteiger partial charge in [-0.25, -0.2) is 0 Å². The number of halogens is 6. The topological polar surface area (TPSA) is 81.7 Å². The van der Waals surface area contributed by atoms with Crippen LogP contribution in [0.3, 0.4) is 0 Å². The van der Waals surface area contributed by atoms with Crippen molar-refractivity contribution >= 4 is 87.0 Å². The smallest absolute Gasteiger partial charge is 0.871 e. The monoisotopic (exact) mass is 635 g/mol. The summed E-state index contributed by atoms with van der Waals surface area (Å²) in [6, 6.07) is 8.48. The van der Waals surface area contributed by atoms with Gasteiger partial charge in [-0.15, -0.1) is 0 Å². The fourth-order valence-electron chi connectivity index (χ4n) is 3.59. The zero-order valence-electron chi connectivity index (χ0n) is 19.3. The Labute approximate surface area is 256 Å². The molecule has 3 aromatic rings. The zero-order valence-corrected chi connectivity index (χ0v) is 25.0. The van der Waals surface area contributed by atoms with Crippen molar-refractivity contribution < 1.29 is 20.1 Å². The molecule has 3 aromatic carbocycles. The van der Waals surface area contributed by atoms with Crippen molar-refractivity contribution in [3.63, 3.8) is 0 Å². The molecule has 0 unspecified atom stereocenters. The summed E-state index contributed by atoms with van der Waals surface area (Å²) >= 11 is 36.1. The second-order valence-corrected chi connectivity index (χ2v) is 10.6. The fraction of sp³-hybridized carbons (Fsp3) is 0.280. The molecule has 1 saturated heterocycles. The quantitative estimate of drug-likeness (QED) is 0.290. The van der Waals surface area contributed by atoms with Crippen molar-refractivity contribution in [3.05, 3.63) is 83.2 Å². The Kier molecular flexibility index (Phi) is 13.3. The standard InChI is InChI=1S/C21H15Cl6NO3.C4H8O.Al/c22-13-1-10(19(29)16(25)4-13)7-28(8-11-2-14(23)5-17(26)20(11)30)9-12-3-15(24)6-18(27)21(12)31;1-2-4-5-3-1;/h1-6,29-31H,7-9H2;1-4H2;/q;;+3/p-3. The summed E-state index contributed by atoms with van der Waals surface area (Å²) in [4.78, 5) is 1.68. The molecule has 1 aliphatic heterocycles. The molecule has 0 aromatic heterocycles. The number of ether oxygens (including phenoxy) is 1. The predicted molar refractivity (Wildman–Crippen MR) is 146 cm³/mol. The van der Waals surface area contributed by atoms with Crippen LogP contribution in [0, 0.1) is 0 Å². The van der Waals surface area contributed by atoms with E-state index in [0.29, 0.717) is 16.7 Å². The van der Waals surface area contributed by atoms with Crippen LogP contribution in [0.4, 0.5) is 0 Å². The van der Waals surface area contributed by atoms with E-state index in [2.05, 4.69) is 0 Å². The van der Waals surface area contributed by atoms with E-state index in [1.54, 1.807) is 4.90 Å². The van der Waals surface area contributed by atoms with Crippen LogP contribution in [0.5, 0.6) is 17.2 Å². The molecule has 0 aliphatic carbocycles. The molecule has 0 atom stereocenters. The zero-order chi connectivity index (χ0) is 26.4. The Morgan fingerprint density at radius 2 is 0.865 bits per heavy atom. The SMILES string of the molecule is C1CCOC1.[Al+3].[O-]c1c(Cl)cc(Cl)cc1CN(Cc1cc(Cl)cc(Cl)c1[O-])Cc1cc(Cl)cc(Cl)c1[O-]. The summed E-state index contributed by atoms with van der Waals surface area (Å²) in [5.74, 6) is -1.22. The molecule has 0 bridgehead atoms. The van der Waals surface area contributed by atoms with Gasteiger partial charge >= 0.3 is 17.4 Å². The van der Waals surface area contributed by atoms with Gasteiger partial charge in [0.05, 0.1) is 0 Å². The second-order valence-electron chi connectivity index (χ2n) is 8.09. The summed E-state index contributed by atoms with van der Waals surface area (Å²) in [5.41, 5.74) is 0.871. The van der Waals surface area contributed by atoms with E-state index in [-0.39, 0.29) is 67.1 Å². The molecule has 0 spiro atoms. The Bertz CT molecular complexity index is 1080. The van der Waals surface area contributed by atoms with E-state index in [9.17, 15) is 15.3 Å². The van der Waals surface area contributed by atoms with Crippen LogP contribution in [-0.4, -0.2) is 35.5 Å². The molecule has 194 valence electrons. The van der Waals surface area contributed by atoms with Gasteiger partial charge in [-0.05, 0) is 65.9 Å². The molecule has 0 saturated carbocycles. The Balaban J connectivity index is 0.000000716. The maximum Gasteiger partial charge on any atom is 3.00 e.